The molecule has 0 saturated heterocycles. The maximum atomic E-state index is 3.66. The SMILES string of the molecule is Cc1[nH]c2ccccc2c1C(Nc1cccc[nH+]1)c1cccc(Br)c1. The van der Waals surface area contributed by atoms with E-state index in [0.29, 0.717) is 0 Å². The van der Waals surface area contributed by atoms with E-state index in [2.05, 4.69) is 92.7 Å². The highest BCUT2D eigenvalue weighted by Gasteiger charge is 2.25. The molecular weight excluding hydrogens is 374 g/mol. The fourth-order valence-corrected chi connectivity index (χ4v) is 3.73. The maximum absolute atomic E-state index is 3.66. The van der Waals surface area contributed by atoms with Gasteiger partial charge in [0.15, 0.2) is 0 Å². The Labute approximate surface area is 155 Å². The highest BCUT2D eigenvalue weighted by molar-refractivity contribution is 9.10. The van der Waals surface area contributed by atoms with Crippen LogP contribution in [0.15, 0.2) is 77.4 Å². The molecule has 0 saturated carbocycles. The summed E-state index contributed by atoms with van der Waals surface area (Å²) in [5.74, 6) is 0.983. The molecule has 1 unspecified atom stereocenters. The predicted molar refractivity (Wildman–Crippen MR) is 106 cm³/mol. The summed E-state index contributed by atoms with van der Waals surface area (Å²) in [5.41, 5.74) is 4.81. The molecule has 0 radical (unpaired) electrons. The summed E-state index contributed by atoms with van der Waals surface area (Å²) in [6.45, 7) is 2.14. The van der Waals surface area contributed by atoms with Crippen molar-refractivity contribution in [2.75, 3.05) is 5.32 Å². The van der Waals surface area contributed by atoms with Crippen molar-refractivity contribution in [3.63, 3.8) is 0 Å². The topological polar surface area (TPSA) is 42.0 Å². The average molecular weight is 393 g/mol. The van der Waals surface area contributed by atoms with Crippen LogP contribution >= 0.6 is 15.9 Å². The summed E-state index contributed by atoms with van der Waals surface area (Å²) >= 11 is 3.60. The highest BCUT2D eigenvalue weighted by atomic mass is 79.9. The first-order valence-corrected chi connectivity index (χ1v) is 9.07. The molecule has 2 aromatic carbocycles. The molecule has 0 bridgehead atoms. The van der Waals surface area contributed by atoms with E-state index < -0.39 is 0 Å². The van der Waals surface area contributed by atoms with Gasteiger partial charge in [-0.1, -0.05) is 52.3 Å². The molecule has 25 heavy (non-hydrogen) atoms. The standard InChI is InChI=1S/C21H18BrN3/c1-14-20(17-9-2-3-10-18(17)24-14)21(15-7-6-8-16(22)13-15)25-19-11-4-5-12-23-19/h2-13,21,24H,1H3,(H,23,25)/p+1. The van der Waals surface area contributed by atoms with Crippen molar-refractivity contribution in [2.45, 2.75) is 13.0 Å². The number of hydrogen-bond donors (Lipinski definition) is 2. The van der Waals surface area contributed by atoms with Gasteiger partial charge in [0.25, 0.3) is 5.82 Å². The number of halogens is 1. The Bertz CT molecular complexity index is 1010. The second kappa shape index (κ2) is 6.73. The molecule has 0 fully saturated rings. The average Bonchev–Trinajstić information content (AvgIpc) is 2.96. The number of para-hydroxylation sites is 1. The second-order valence-corrected chi connectivity index (χ2v) is 7.03. The van der Waals surface area contributed by atoms with Crippen molar-refractivity contribution >= 4 is 32.7 Å². The van der Waals surface area contributed by atoms with Crippen LogP contribution in [0.4, 0.5) is 5.82 Å². The zero-order chi connectivity index (χ0) is 17.2. The van der Waals surface area contributed by atoms with Gasteiger partial charge in [0, 0.05) is 38.3 Å². The van der Waals surface area contributed by atoms with E-state index in [1.165, 1.54) is 22.2 Å². The number of aryl methyl sites for hydroxylation is 1. The van der Waals surface area contributed by atoms with Crippen molar-refractivity contribution in [3.05, 3.63) is 94.2 Å². The molecule has 0 aliphatic carbocycles. The zero-order valence-electron chi connectivity index (χ0n) is 13.9. The smallest absolute Gasteiger partial charge is 0.272 e. The van der Waals surface area contributed by atoms with Crippen LogP contribution in [0.3, 0.4) is 0 Å². The van der Waals surface area contributed by atoms with Crippen LogP contribution in [0.2, 0.25) is 0 Å². The first-order valence-electron chi connectivity index (χ1n) is 8.28. The van der Waals surface area contributed by atoms with E-state index in [0.717, 1.165) is 15.8 Å². The summed E-state index contributed by atoms with van der Waals surface area (Å²) in [6.07, 6.45) is 1.93. The maximum Gasteiger partial charge on any atom is 0.272 e. The molecule has 4 rings (SSSR count). The summed E-state index contributed by atoms with van der Waals surface area (Å²) < 4.78 is 1.08. The van der Waals surface area contributed by atoms with Gasteiger partial charge in [-0.25, -0.2) is 4.98 Å². The Morgan fingerprint density at radius 3 is 2.64 bits per heavy atom. The zero-order valence-corrected chi connectivity index (χ0v) is 15.5. The van der Waals surface area contributed by atoms with Gasteiger partial charge in [-0.2, -0.15) is 0 Å². The van der Waals surface area contributed by atoms with Crippen LogP contribution in [0.1, 0.15) is 22.9 Å². The van der Waals surface area contributed by atoms with Crippen LogP contribution in [-0.4, -0.2) is 4.98 Å². The highest BCUT2D eigenvalue weighted by Crippen LogP contribution is 2.34. The number of nitrogens with one attached hydrogen (secondary N) is 3. The summed E-state index contributed by atoms with van der Waals surface area (Å²) in [4.78, 5) is 6.80. The van der Waals surface area contributed by atoms with Gasteiger partial charge in [-0.05, 0) is 31.2 Å². The minimum Gasteiger partial charge on any atom is -0.358 e. The number of aromatic amines is 2. The lowest BCUT2D eigenvalue weighted by Gasteiger charge is -2.16. The number of H-pyrrole nitrogens is 2. The largest absolute Gasteiger partial charge is 0.358 e. The molecule has 1 atom stereocenters. The molecule has 0 aliphatic rings. The lowest BCUT2D eigenvalue weighted by atomic mass is 9.96. The number of aromatic nitrogens is 2. The monoisotopic (exact) mass is 392 g/mol. The normalized spacial score (nSPS) is 12.2. The van der Waals surface area contributed by atoms with Crippen molar-refractivity contribution < 1.29 is 4.98 Å². The lowest BCUT2D eigenvalue weighted by molar-refractivity contribution is -0.361. The third-order valence-electron chi connectivity index (χ3n) is 4.42. The molecular formula is C21H19BrN3+. The quantitative estimate of drug-likeness (QED) is 0.488. The lowest BCUT2D eigenvalue weighted by Crippen LogP contribution is -2.19. The number of rotatable bonds is 4. The minimum absolute atomic E-state index is 0.0345. The van der Waals surface area contributed by atoms with Crippen LogP contribution in [0.5, 0.6) is 0 Å². The first kappa shape index (κ1) is 15.9. The molecule has 3 N–H and O–H groups in total. The van der Waals surface area contributed by atoms with Gasteiger partial charge < -0.3 is 4.98 Å². The number of benzene rings is 2. The van der Waals surface area contributed by atoms with E-state index >= 15 is 0 Å². The van der Waals surface area contributed by atoms with Crippen molar-refractivity contribution in [3.8, 4) is 0 Å². The third kappa shape index (κ3) is 3.17. The Morgan fingerprint density at radius 1 is 1.00 bits per heavy atom. The van der Waals surface area contributed by atoms with Gasteiger partial charge in [-0.15, -0.1) is 0 Å². The number of hydrogen-bond acceptors (Lipinski definition) is 1. The molecule has 124 valence electrons. The first-order chi connectivity index (χ1) is 12.2. The molecule has 2 aromatic heterocycles. The van der Waals surface area contributed by atoms with Gasteiger partial charge in [-0.3, -0.25) is 5.32 Å². The van der Waals surface area contributed by atoms with Crippen molar-refractivity contribution in [1.29, 1.82) is 0 Å². The molecule has 0 aliphatic heterocycles. The molecule has 2 heterocycles. The molecule has 0 spiro atoms. The van der Waals surface area contributed by atoms with Gasteiger partial charge >= 0.3 is 0 Å². The number of fused-ring (bicyclic) bond motifs is 1. The van der Waals surface area contributed by atoms with Crippen LogP contribution < -0.4 is 10.3 Å². The number of anilines is 1. The van der Waals surface area contributed by atoms with E-state index in [9.17, 15) is 0 Å². The summed E-state index contributed by atoms with van der Waals surface area (Å²) in [6, 6.07) is 23.0. The van der Waals surface area contributed by atoms with Gasteiger partial charge in [0.2, 0.25) is 0 Å². The Balaban J connectivity index is 1.89. The van der Waals surface area contributed by atoms with Gasteiger partial charge in [0.05, 0.1) is 6.20 Å². The Hall–Kier alpha value is -2.59. The summed E-state index contributed by atoms with van der Waals surface area (Å²) in [7, 11) is 0. The van der Waals surface area contributed by atoms with Crippen molar-refractivity contribution in [2.24, 2.45) is 0 Å². The van der Waals surface area contributed by atoms with E-state index in [4.69, 9.17) is 0 Å². The fourth-order valence-electron chi connectivity index (χ4n) is 3.32. The van der Waals surface area contributed by atoms with Crippen LogP contribution in [0, 0.1) is 6.92 Å². The van der Waals surface area contributed by atoms with Gasteiger partial charge in [0.1, 0.15) is 6.04 Å². The minimum atomic E-state index is 0.0345. The predicted octanol–water partition coefficient (Wildman–Crippen LogP) is 5.25. The molecule has 4 heteroatoms. The molecule has 3 nitrogen and oxygen atoms in total. The Morgan fingerprint density at radius 2 is 1.84 bits per heavy atom. The van der Waals surface area contributed by atoms with E-state index in [1.807, 2.05) is 18.3 Å². The van der Waals surface area contributed by atoms with E-state index in [1.54, 1.807) is 0 Å². The fraction of sp³-hybridized carbons (Fsp3) is 0.0952. The Kier molecular flexibility index (Phi) is 4.28. The van der Waals surface area contributed by atoms with Crippen LogP contribution in [0.25, 0.3) is 10.9 Å². The van der Waals surface area contributed by atoms with Crippen LogP contribution in [-0.2, 0) is 0 Å². The third-order valence-corrected chi connectivity index (χ3v) is 4.92. The summed E-state index contributed by atoms with van der Waals surface area (Å²) in [5, 5.41) is 4.91. The van der Waals surface area contributed by atoms with Crippen molar-refractivity contribution in [1.82, 2.24) is 4.98 Å². The number of pyridine rings is 1. The second-order valence-electron chi connectivity index (χ2n) is 6.12. The molecule has 4 aromatic rings. The van der Waals surface area contributed by atoms with E-state index in [-0.39, 0.29) is 6.04 Å². The molecule has 0 amide bonds.